The standard InChI is InChI=1S/C28H26N6O3/c1-17-13-22(35)9-11-24(17)31-29-20-5-7-21(8-6-20)30-33-26-16-28(37-4)27(15-19(26)3)34-32-25-12-10-23(36)14-18(25)2/h5-16,35-36H,1-4H3. The summed E-state index contributed by atoms with van der Waals surface area (Å²) in [7, 11) is 1.56. The predicted octanol–water partition coefficient (Wildman–Crippen LogP) is 9.28. The number of aryl methyl sites for hydroxylation is 3. The largest absolute Gasteiger partial charge is 0.508 e. The molecule has 0 aromatic heterocycles. The zero-order valence-corrected chi connectivity index (χ0v) is 20.9. The van der Waals surface area contributed by atoms with Crippen molar-refractivity contribution in [3.05, 3.63) is 89.5 Å². The molecule has 0 heterocycles. The van der Waals surface area contributed by atoms with Crippen LogP contribution in [0.25, 0.3) is 0 Å². The summed E-state index contributed by atoms with van der Waals surface area (Å²) in [4.78, 5) is 0. The number of methoxy groups -OCH3 is 1. The molecular weight excluding hydrogens is 468 g/mol. The summed E-state index contributed by atoms with van der Waals surface area (Å²) in [5, 5.41) is 44.9. The van der Waals surface area contributed by atoms with E-state index in [-0.39, 0.29) is 11.5 Å². The Bertz CT molecular complexity index is 1510. The van der Waals surface area contributed by atoms with Gasteiger partial charge in [-0.2, -0.15) is 25.6 Å². The molecule has 0 aliphatic rings. The fourth-order valence-corrected chi connectivity index (χ4v) is 3.43. The van der Waals surface area contributed by atoms with Crippen LogP contribution in [0.1, 0.15) is 16.7 Å². The van der Waals surface area contributed by atoms with Crippen LogP contribution in [0.15, 0.2) is 103 Å². The molecule has 0 amide bonds. The highest BCUT2D eigenvalue weighted by Gasteiger charge is 2.09. The second-order valence-corrected chi connectivity index (χ2v) is 8.37. The van der Waals surface area contributed by atoms with E-state index in [1.807, 2.05) is 26.8 Å². The molecule has 0 spiro atoms. The molecule has 186 valence electrons. The van der Waals surface area contributed by atoms with Gasteiger partial charge in [0.1, 0.15) is 22.9 Å². The first-order valence-corrected chi connectivity index (χ1v) is 11.5. The van der Waals surface area contributed by atoms with Gasteiger partial charge in [-0.1, -0.05) is 0 Å². The van der Waals surface area contributed by atoms with Crippen molar-refractivity contribution in [3.8, 4) is 17.2 Å². The first kappa shape index (κ1) is 25.2. The van der Waals surface area contributed by atoms with Crippen LogP contribution in [-0.2, 0) is 0 Å². The van der Waals surface area contributed by atoms with Crippen molar-refractivity contribution in [1.29, 1.82) is 0 Å². The van der Waals surface area contributed by atoms with E-state index in [9.17, 15) is 10.2 Å². The first-order valence-electron chi connectivity index (χ1n) is 11.5. The molecule has 4 rings (SSSR count). The SMILES string of the molecule is COc1cc(N=Nc2ccc(N=Nc3ccc(O)cc3C)cc2)c(C)cc1N=Nc1ccc(O)cc1C. The van der Waals surface area contributed by atoms with Gasteiger partial charge in [0.05, 0.1) is 35.5 Å². The number of rotatable bonds is 7. The lowest BCUT2D eigenvalue weighted by atomic mass is 10.1. The molecule has 0 saturated carbocycles. The molecular formula is C28H26N6O3. The number of ether oxygens (including phenoxy) is 1. The third kappa shape index (κ3) is 6.40. The van der Waals surface area contributed by atoms with Gasteiger partial charge in [-0.05, 0) is 104 Å². The highest BCUT2D eigenvalue weighted by atomic mass is 16.5. The number of azo groups is 3. The zero-order valence-electron chi connectivity index (χ0n) is 20.9. The van der Waals surface area contributed by atoms with Gasteiger partial charge < -0.3 is 14.9 Å². The fraction of sp³-hybridized carbons (Fsp3) is 0.143. The van der Waals surface area contributed by atoms with Gasteiger partial charge in [0, 0.05) is 6.07 Å². The molecule has 0 atom stereocenters. The van der Waals surface area contributed by atoms with Crippen molar-refractivity contribution >= 4 is 34.1 Å². The van der Waals surface area contributed by atoms with Crippen LogP contribution in [0.2, 0.25) is 0 Å². The van der Waals surface area contributed by atoms with Crippen molar-refractivity contribution in [2.24, 2.45) is 30.7 Å². The average Bonchev–Trinajstić information content (AvgIpc) is 2.87. The Morgan fingerprint density at radius 2 is 0.919 bits per heavy atom. The van der Waals surface area contributed by atoms with E-state index in [4.69, 9.17) is 4.74 Å². The second kappa shape index (κ2) is 11.2. The Labute approximate surface area is 214 Å². The van der Waals surface area contributed by atoms with E-state index < -0.39 is 0 Å². The first-order chi connectivity index (χ1) is 17.8. The number of hydrogen-bond donors (Lipinski definition) is 2. The Morgan fingerprint density at radius 1 is 0.486 bits per heavy atom. The lowest BCUT2D eigenvalue weighted by molar-refractivity contribution is 0.416. The maximum Gasteiger partial charge on any atom is 0.148 e. The number of hydrogen-bond acceptors (Lipinski definition) is 9. The Hall–Kier alpha value is -4.92. The van der Waals surface area contributed by atoms with Crippen LogP contribution >= 0.6 is 0 Å². The number of benzene rings is 4. The molecule has 0 fully saturated rings. The van der Waals surface area contributed by atoms with Crippen molar-refractivity contribution < 1.29 is 14.9 Å². The molecule has 4 aromatic carbocycles. The third-order valence-corrected chi connectivity index (χ3v) is 5.52. The minimum Gasteiger partial charge on any atom is -0.508 e. The molecule has 37 heavy (non-hydrogen) atoms. The molecule has 0 radical (unpaired) electrons. The quantitative estimate of drug-likeness (QED) is 0.249. The van der Waals surface area contributed by atoms with Crippen LogP contribution < -0.4 is 4.74 Å². The monoisotopic (exact) mass is 494 g/mol. The second-order valence-electron chi connectivity index (χ2n) is 8.37. The van der Waals surface area contributed by atoms with Crippen LogP contribution in [0, 0.1) is 20.8 Å². The summed E-state index contributed by atoms with van der Waals surface area (Å²) in [5.41, 5.74) is 6.38. The van der Waals surface area contributed by atoms with Gasteiger partial charge in [-0.3, -0.25) is 0 Å². The number of aromatic hydroxyl groups is 2. The van der Waals surface area contributed by atoms with Gasteiger partial charge >= 0.3 is 0 Å². The molecule has 9 nitrogen and oxygen atoms in total. The van der Waals surface area contributed by atoms with Crippen molar-refractivity contribution in [3.63, 3.8) is 0 Å². The van der Waals surface area contributed by atoms with Crippen molar-refractivity contribution in [2.75, 3.05) is 7.11 Å². The van der Waals surface area contributed by atoms with E-state index in [1.54, 1.807) is 73.8 Å². The maximum atomic E-state index is 9.57. The van der Waals surface area contributed by atoms with Gasteiger partial charge in [-0.25, -0.2) is 0 Å². The topological polar surface area (TPSA) is 124 Å². The van der Waals surface area contributed by atoms with Crippen LogP contribution in [0.5, 0.6) is 17.2 Å². The minimum atomic E-state index is 0.183. The summed E-state index contributed by atoms with van der Waals surface area (Å²) in [5.74, 6) is 0.894. The van der Waals surface area contributed by atoms with Gasteiger partial charge in [-0.15, -0.1) is 5.11 Å². The highest BCUT2D eigenvalue weighted by molar-refractivity contribution is 5.63. The van der Waals surface area contributed by atoms with Gasteiger partial charge in [0.25, 0.3) is 0 Å². The molecule has 0 bridgehead atoms. The molecule has 0 unspecified atom stereocenters. The summed E-state index contributed by atoms with van der Waals surface area (Å²) in [6, 6.07) is 20.6. The number of nitrogens with zero attached hydrogens (tertiary/aromatic N) is 6. The van der Waals surface area contributed by atoms with E-state index in [0.717, 1.165) is 16.7 Å². The molecule has 0 aliphatic carbocycles. The lowest BCUT2D eigenvalue weighted by Gasteiger charge is -2.07. The van der Waals surface area contributed by atoms with Crippen molar-refractivity contribution in [2.45, 2.75) is 20.8 Å². The van der Waals surface area contributed by atoms with Gasteiger partial charge in [0.15, 0.2) is 0 Å². The number of phenolic OH excluding ortho intramolecular Hbond substituents is 2. The predicted molar refractivity (Wildman–Crippen MR) is 142 cm³/mol. The molecule has 0 saturated heterocycles. The minimum absolute atomic E-state index is 0.183. The Kier molecular flexibility index (Phi) is 7.63. The normalized spacial score (nSPS) is 11.7. The van der Waals surface area contributed by atoms with E-state index in [1.165, 1.54) is 0 Å². The zero-order chi connectivity index (χ0) is 26.4. The Morgan fingerprint density at radius 3 is 1.41 bits per heavy atom. The third-order valence-electron chi connectivity index (χ3n) is 5.52. The lowest BCUT2D eigenvalue weighted by Crippen LogP contribution is -1.85. The van der Waals surface area contributed by atoms with E-state index in [2.05, 4.69) is 30.7 Å². The average molecular weight is 495 g/mol. The molecule has 0 aliphatic heterocycles. The maximum absolute atomic E-state index is 9.57. The highest BCUT2D eigenvalue weighted by Crippen LogP contribution is 2.37. The Balaban J connectivity index is 1.49. The smallest absolute Gasteiger partial charge is 0.148 e. The van der Waals surface area contributed by atoms with Crippen LogP contribution in [0.4, 0.5) is 34.1 Å². The van der Waals surface area contributed by atoms with Crippen LogP contribution in [-0.4, -0.2) is 17.3 Å². The molecule has 9 heteroatoms. The van der Waals surface area contributed by atoms with E-state index >= 15 is 0 Å². The summed E-state index contributed by atoms with van der Waals surface area (Å²) < 4.78 is 5.49. The summed E-state index contributed by atoms with van der Waals surface area (Å²) in [6.07, 6.45) is 0. The summed E-state index contributed by atoms with van der Waals surface area (Å²) >= 11 is 0. The fourth-order valence-electron chi connectivity index (χ4n) is 3.43. The molecule has 2 N–H and O–H groups in total. The van der Waals surface area contributed by atoms with Crippen LogP contribution in [0.3, 0.4) is 0 Å². The summed E-state index contributed by atoms with van der Waals surface area (Å²) in [6.45, 7) is 5.63. The van der Waals surface area contributed by atoms with Gasteiger partial charge in [0.2, 0.25) is 0 Å². The van der Waals surface area contributed by atoms with E-state index in [0.29, 0.717) is 39.9 Å². The molecule has 4 aromatic rings. The van der Waals surface area contributed by atoms with Crippen molar-refractivity contribution in [1.82, 2.24) is 0 Å². The number of phenols is 2.